The lowest BCUT2D eigenvalue weighted by molar-refractivity contribution is -0.132. The Morgan fingerprint density at radius 3 is 2.47 bits per heavy atom. The second kappa shape index (κ2) is 15.4. The number of nitrogens with one attached hydrogen (secondary N) is 4. The van der Waals surface area contributed by atoms with Crippen molar-refractivity contribution in [2.75, 3.05) is 55.5 Å². The molecule has 2 aromatic heterocycles. The van der Waals surface area contributed by atoms with Crippen LogP contribution < -0.4 is 21.3 Å². The van der Waals surface area contributed by atoms with Crippen LogP contribution in [0.1, 0.15) is 30.6 Å². The van der Waals surface area contributed by atoms with Gasteiger partial charge in [0.15, 0.2) is 0 Å². The number of rotatable bonds is 13. The number of carbonyl (C=O) groups is 3. The summed E-state index contributed by atoms with van der Waals surface area (Å²) < 4.78 is 0. The van der Waals surface area contributed by atoms with Crippen LogP contribution >= 0.6 is 0 Å². The first kappa shape index (κ1) is 32.6. The highest BCUT2D eigenvalue weighted by atomic mass is 16.2. The lowest BCUT2D eigenvalue weighted by Gasteiger charge is -2.23. The highest BCUT2D eigenvalue weighted by Crippen LogP contribution is 2.23. The smallest absolute Gasteiger partial charge is 0.260 e. The van der Waals surface area contributed by atoms with Crippen molar-refractivity contribution in [2.45, 2.75) is 26.3 Å². The van der Waals surface area contributed by atoms with Gasteiger partial charge in [-0.1, -0.05) is 25.1 Å². The van der Waals surface area contributed by atoms with Crippen molar-refractivity contribution >= 4 is 57.3 Å². The number of fused-ring (bicyclic) bond motifs is 1. The summed E-state index contributed by atoms with van der Waals surface area (Å²) in [5.74, 6) is -0.311. The first-order valence-corrected chi connectivity index (χ1v) is 14.7. The summed E-state index contributed by atoms with van der Waals surface area (Å²) in [6.07, 6.45) is 9.05. The van der Waals surface area contributed by atoms with E-state index in [9.17, 15) is 14.4 Å². The van der Waals surface area contributed by atoms with Crippen LogP contribution in [0.15, 0.2) is 79.3 Å². The highest BCUT2D eigenvalue weighted by Gasteiger charge is 2.21. The fraction of sp³-hybridized carbons (Fsp3) is 0.273. The summed E-state index contributed by atoms with van der Waals surface area (Å²) in [6, 6.07) is 13.8. The Morgan fingerprint density at radius 1 is 0.933 bits per heavy atom. The van der Waals surface area contributed by atoms with E-state index in [-0.39, 0.29) is 17.4 Å². The van der Waals surface area contributed by atoms with Gasteiger partial charge in [0.1, 0.15) is 17.4 Å². The van der Waals surface area contributed by atoms with E-state index in [0.29, 0.717) is 36.2 Å². The summed E-state index contributed by atoms with van der Waals surface area (Å²) in [7, 11) is 5.39. The van der Waals surface area contributed by atoms with Gasteiger partial charge in [-0.15, -0.1) is 0 Å². The monoisotopic (exact) mass is 609 g/mol. The predicted octanol–water partition coefficient (Wildman–Crippen LogP) is 4.75. The molecule has 4 N–H and O–H groups in total. The average molecular weight is 610 g/mol. The molecule has 0 saturated heterocycles. The number of carbonyl (C=O) groups excluding carboxylic acids is 3. The molecule has 0 spiro atoms. The third kappa shape index (κ3) is 9.07. The Balaban J connectivity index is 1.43. The van der Waals surface area contributed by atoms with Gasteiger partial charge in [-0.25, -0.2) is 4.98 Å². The van der Waals surface area contributed by atoms with Crippen LogP contribution in [0.5, 0.6) is 0 Å². The van der Waals surface area contributed by atoms with Gasteiger partial charge in [0, 0.05) is 67.3 Å². The van der Waals surface area contributed by atoms with Crippen molar-refractivity contribution in [1.82, 2.24) is 24.8 Å². The Labute approximate surface area is 263 Å². The number of likely N-dealkylation sites (N-methyl/N-ethyl adjacent to an activating group) is 2. The Kier molecular flexibility index (Phi) is 11.1. The summed E-state index contributed by atoms with van der Waals surface area (Å²) in [5.41, 5.74) is 2.01. The van der Waals surface area contributed by atoms with E-state index in [0.717, 1.165) is 22.9 Å². The van der Waals surface area contributed by atoms with Crippen LogP contribution in [0, 0.1) is 0 Å². The lowest BCUT2D eigenvalue weighted by Crippen LogP contribution is -2.42. The maximum atomic E-state index is 13.4. The van der Waals surface area contributed by atoms with Gasteiger partial charge in [-0.2, -0.15) is 4.98 Å². The molecule has 0 aliphatic heterocycles. The maximum Gasteiger partial charge on any atom is 0.260 e. The van der Waals surface area contributed by atoms with E-state index in [1.807, 2.05) is 50.2 Å². The van der Waals surface area contributed by atoms with Crippen molar-refractivity contribution in [3.8, 4) is 0 Å². The van der Waals surface area contributed by atoms with Gasteiger partial charge in [-0.05, 0) is 69.2 Å². The largest absolute Gasteiger partial charge is 0.369 e. The number of anilines is 5. The summed E-state index contributed by atoms with van der Waals surface area (Å²) in [4.78, 5) is 55.1. The second-order valence-corrected chi connectivity index (χ2v) is 10.8. The molecule has 0 fully saturated rings. The quantitative estimate of drug-likeness (QED) is 0.158. The Morgan fingerprint density at radius 2 is 1.71 bits per heavy atom. The zero-order chi connectivity index (χ0) is 32.3. The van der Waals surface area contributed by atoms with Gasteiger partial charge < -0.3 is 31.1 Å². The van der Waals surface area contributed by atoms with Crippen molar-refractivity contribution in [3.63, 3.8) is 0 Å². The van der Waals surface area contributed by atoms with E-state index < -0.39 is 11.9 Å². The van der Waals surface area contributed by atoms with Crippen molar-refractivity contribution < 1.29 is 14.4 Å². The Bertz CT molecular complexity index is 1690. The normalized spacial score (nSPS) is 11.8. The molecule has 12 heteroatoms. The molecule has 45 heavy (non-hydrogen) atoms. The number of aromatic nitrogens is 3. The number of benzene rings is 2. The number of pyridine rings is 1. The van der Waals surface area contributed by atoms with E-state index in [1.165, 1.54) is 17.2 Å². The maximum absolute atomic E-state index is 13.4. The van der Waals surface area contributed by atoms with Crippen molar-refractivity contribution in [1.29, 1.82) is 0 Å². The van der Waals surface area contributed by atoms with E-state index in [1.54, 1.807) is 56.7 Å². The van der Waals surface area contributed by atoms with Crippen LogP contribution in [0.4, 0.5) is 28.8 Å². The lowest BCUT2D eigenvalue weighted by atomic mass is 10.1. The first-order chi connectivity index (χ1) is 21.6. The van der Waals surface area contributed by atoms with Crippen LogP contribution in [0.25, 0.3) is 10.8 Å². The predicted molar refractivity (Wildman–Crippen MR) is 179 cm³/mol. The molecule has 1 unspecified atom stereocenters. The minimum absolute atomic E-state index is 0.268. The fourth-order valence-corrected chi connectivity index (χ4v) is 4.25. The molecule has 0 bridgehead atoms. The molecule has 0 aliphatic carbocycles. The molecule has 4 aromatic rings. The number of hydrogen-bond donors (Lipinski definition) is 4. The van der Waals surface area contributed by atoms with E-state index in [2.05, 4.69) is 36.2 Å². The molecular weight excluding hydrogens is 570 g/mol. The minimum Gasteiger partial charge on any atom is -0.369 e. The molecule has 3 amide bonds. The van der Waals surface area contributed by atoms with Crippen LogP contribution in [-0.2, 0) is 9.59 Å². The molecule has 4 rings (SSSR count). The molecule has 234 valence electrons. The van der Waals surface area contributed by atoms with Gasteiger partial charge in [0.25, 0.3) is 5.91 Å². The van der Waals surface area contributed by atoms with Crippen LogP contribution in [-0.4, -0.2) is 82.7 Å². The molecule has 0 aliphatic rings. The molecule has 0 radical (unpaired) electrons. The summed E-state index contributed by atoms with van der Waals surface area (Å²) >= 11 is 0. The standard InChI is InChI=1S/C33H39N9O3/c1-6-15-35-30-28(21-36-33(40-30)39-27-13-12-24-20-34-16-14-23(24)18-27)32(45)38-26-10-7-9-25(19-26)37-31(44)22(2)42(5)29(43)11-8-17-41(3)4/h7-14,16,18-22H,6,15,17H2,1-5H3,(H,37,44)(H,38,45)(H2,35,36,39,40)/b11-8+. The second-order valence-electron chi connectivity index (χ2n) is 10.8. The fourth-order valence-electron chi connectivity index (χ4n) is 4.25. The van der Waals surface area contributed by atoms with Crippen molar-refractivity contribution in [3.05, 3.63) is 84.8 Å². The molecule has 0 saturated carbocycles. The zero-order valence-corrected chi connectivity index (χ0v) is 26.2. The van der Waals surface area contributed by atoms with Gasteiger partial charge in [0.2, 0.25) is 17.8 Å². The summed E-state index contributed by atoms with van der Waals surface area (Å²) in [5, 5.41) is 14.2. The van der Waals surface area contributed by atoms with Gasteiger partial charge >= 0.3 is 0 Å². The molecule has 1 atom stereocenters. The van der Waals surface area contributed by atoms with E-state index in [4.69, 9.17) is 0 Å². The number of nitrogens with zero attached hydrogens (tertiary/aromatic N) is 5. The minimum atomic E-state index is -0.720. The third-order valence-electron chi connectivity index (χ3n) is 6.90. The molecule has 2 aromatic carbocycles. The zero-order valence-electron chi connectivity index (χ0n) is 26.2. The highest BCUT2D eigenvalue weighted by molar-refractivity contribution is 6.08. The Hall–Kier alpha value is -5.36. The molecule has 12 nitrogen and oxygen atoms in total. The van der Waals surface area contributed by atoms with Gasteiger partial charge in [-0.3, -0.25) is 19.4 Å². The topological polar surface area (TPSA) is 144 Å². The van der Waals surface area contributed by atoms with E-state index >= 15 is 0 Å². The van der Waals surface area contributed by atoms with Crippen LogP contribution in [0.3, 0.4) is 0 Å². The number of hydrogen-bond acceptors (Lipinski definition) is 9. The molecule has 2 heterocycles. The number of amides is 3. The average Bonchev–Trinajstić information content (AvgIpc) is 3.03. The molecular formula is C33H39N9O3. The SMILES string of the molecule is CCCNc1nc(Nc2ccc3cnccc3c2)ncc1C(=O)Nc1cccc(NC(=O)C(C)N(C)C(=O)/C=C/CN(C)C)c1. The first-order valence-electron chi connectivity index (χ1n) is 14.7. The van der Waals surface area contributed by atoms with Crippen molar-refractivity contribution in [2.24, 2.45) is 0 Å². The van der Waals surface area contributed by atoms with Gasteiger partial charge in [0.05, 0.1) is 0 Å². The summed E-state index contributed by atoms with van der Waals surface area (Å²) in [6.45, 7) is 4.90. The van der Waals surface area contributed by atoms with Crippen LogP contribution in [0.2, 0.25) is 0 Å². The third-order valence-corrected chi connectivity index (χ3v) is 6.90.